The number of thiocarbonyl (C=S) groups is 1. The van der Waals surface area contributed by atoms with Gasteiger partial charge in [0.25, 0.3) is 5.91 Å². The van der Waals surface area contributed by atoms with Crippen LogP contribution in [0.2, 0.25) is 0 Å². The first-order valence-corrected chi connectivity index (χ1v) is 9.85. The first-order valence-electron chi connectivity index (χ1n) is 9.44. The third kappa shape index (κ3) is 4.13. The van der Waals surface area contributed by atoms with Gasteiger partial charge in [-0.1, -0.05) is 17.3 Å². The van der Waals surface area contributed by atoms with Gasteiger partial charge in [-0.2, -0.15) is 0 Å². The van der Waals surface area contributed by atoms with E-state index in [1.807, 2.05) is 0 Å². The van der Waals surface area contributed by atoms with Crippen molar-refractivity contribution in [2.75, 3.05) is 10.2 Å². The van der Waals surface area contributed by atoms with E-state index in [0.717, 1.165) is 5.56 Å². The summed E-state index contributed by atoms with van der Waals surface area (Å²) in [6.07, 6.45) is 0. The number of allylic oxidation sites excluding steroid dienone is 1. The number of anilines is 2. The average molecular weight is 438 g/mol. The molecule has 1 aromatic heterocycles. The van der Waals surface area contributed by atoms with Gasteiger partial charge in [0.15, 0.2) is 10.9 Å². The third-order valence-electron chi connectivity index (χ3n) is 4.91. The van der Waals surface area contributed by atoms with Gasteiger partial charge in [0, 0.05) is 17.5 Å². The molecule has 0 unspecified atom stereocenters. The normalized spacial score (nSPS) is 16.3. The fourth-order valence-electron chi connectivity index (χ4n) is 3.46. The van der Waals surface area contributed by atoms with Crippen molar-refractivity contribution in [1.29, 1.82) is 0 Å². The van der Waals surface area contributed by atoms with E-state index in [4.69, 9.17) is 16.7 Å². The van der Waals surface area contributed by atoms with Crippen LogP contribution in [0.25, 0.3) is 0 Å². The molecule has 2 heterocycles. The Hall–Kier alpha value is -3.72. The molecular formula is C22H19FN4O3S. The van der Waals surface area contributed by atoms with Gasteiger partial charge in [-0.3, -0.25) is 9.69 Å². The number of carbonyl (C=O) groups is 1. The number of halogens is 1. The van der Waals surface area contributed by atoms with E-state index in [9.17, 15) is 14.3 Å². The lowest BCUT2D eigenvalue weighted by molar-refractivity contribution is -0.113. The molecule has 0 aliphatic carbocycles. The zero-order valence-corrected chi connectivity index (χ0v) is 17.5. The average Bonchev–Trinajstić information content (AvgIpc) is 3.14. The number of hydrogen-bond acceptors (Lipinski definition) is 5. The van der Waals surface area contributed by atoms with Crippen LogP contribution in [0.3, 0.4) is 0 Å². The maximum Gasteiger partial charge on any atom is 0.257 e. The van der Waals surface area contributed by atoms with Crippen molar-refractivity contribution >= 4 is 34.7 Å². The summed E-state index contributed by atoms with van der Waals surface area (Å²) in [6.45, 7) is 3.50. The largest absolute Gasteiger partial charge is 0.508 e. The van der Waals surface area contributed by atoms with Gasteiger partial charge < -0.3 is 20.3 Å². The van der Waals surface area contributed by atoms with Gasteiger partial charge in [-0.05, 0) is 68.0 Å². The number of rotatable bonds is 4. The minimum atomic E-state index is -0.571. The topological polar surface area (TPSA) is 90.6 Å². The summed E-state index contributed by atoms with van der Waals surface area (Å²) in [4.78, 5) is 15.0. The molecule has 2 aromatic carbocycles. The van der Waals surface area contributed by atoms with Crippen molar-refractivity contribution < 1.29 is 18.8 Å². The second-order valence-electron chi connectivity index (χ2n) is 7.06. The second kappa shape index (κ2) is 8.19. The molecule has 158 valence electrons. The van der Waals surface area contributed by atoms with Crippen LogP contribution in [-0.4, -0.2) is 21.3 Å². The Bertz CT molecular complexity index is 1170. The maximum atomic E-state index is 13.4. The molecule has 31 heavy (non-hydrogen) atoms. The van der Waals surface area contributed by atoms with E-state index < -0.39 is 11.9 Å². The smallest absolute Gasteiger partial charge is 0.257 e. The van der Waals surface area contributed by atoms with Crippen LogP contribution < -0.4 is 15.5 Å². The number of nitrogens with zero attached hydrogens (tertiary/aromatic N) is 2. The van der Waals surface area contributed by atoms with E-state index in [1.54, 1.807) is 49.1 Å². The summed E-state index contributed by atoms with van der Waals surface area (Å²) >= 11 is 5.57. The van der Waals surface area contributed by atoms with Crippen molar-refractivity contribution in [3.63, 3.8) is 0 Å². The molecule has 1 amide bonds. The monoisotopic (exact) mass is 438 g/mol. The summed E-state index contributed by atoms with van der Waals surface area (Å²) in [5.41, 5.74) is 2.32. The Kier molecular flexibility index (Phi) is 5.43. The highest BCUT2D eigenvalue weighted by atomic mass is 32.1. The molecule has 0 bridgehead atoms. The Labute approximate surface area is 183 Å². The SMILES string of the molecule is CC1=C(C(=O)Nc2cc(C)on2)[C@@H](c2ccc(O)cc2)NC(=S)N1c1ccc(F)cc1. The molecule has 7 nitrogen and oxygen atoms in total. The van der Waals surface area contributed by atoms with Crippen molar-refractivity contribution in [2.45, 2.75) is 19.9 Å². The minimum absolute atomic E-state index is 0.111. The van der Waals surface area contributed by atoms with Crippen LogP contribution in [0.5, 0.6) is 5.75 Å². The van der Waals surface area contributed by atoms with Crippen molar-refractivity contribution in [3.05, 3.63) is 83.0 Å². The summed E-state index contributed by atoms with van der Waals surface area (Å²) in [5, 5.41) is 19.8. The van der Waals surface area contributed by atoms with Crippen molar-refractivity contribution in [1.82, 2.24) is 10.5 Å². The van der Waals surface area contributed by atoms with Gasteiger partial charge in [-0.25, -0.2) is 4.39 Å². The predicted octanol–water partition coefficient (Wildman–Crippen LogP) is 4.18. The molecule has 0 radical (unpaired) electrons. The molecule has 0 fully saturated rings. The third-order valence-corrected chi connectivity index (χ3v) is 5.21. The predicted molar refractivity (Wildman–Crippen MR) is 118 cm³/mol. The summed E-state index contributed by atoms with van der Waals surface area (Å²) in [7, 11) is 0. The molecule has 0 spiro atoms. The number of phenolic OH excluding ortho intramolecular Hbond substituents is 1. The van der Waals surface area contributed by atoms with Gasteiger partial charge in [0.05, 0.1) is 11.6 Å². The van der Waals surface area contributed by atoms with Gasteiger partial charge >= 0.3 is 0 Å². The Morgan fingerprint density at radius 2 is 1.87 bits per heavy atom. The van der Waals surface area contributed by atoms with Crippen LogP contribution in [0.1, 0.15) is 24.3 Å². The Morgan fingerprint density at radius 1 is 1.19 bits per heavy atom. The summed E-state index contributed by atoms with van der Waals surface area (Å²) in [6, 6.07) is 13.4. The molecule has 1 aliphatic rings. The van der Waals surface area contributed by atoms with E-state index >= 15 is 0 Å². The second-order valence-corrected chi connectivity index (χ2v) is 7.45. The molecular weight excluding hydrogens is 419 g/mol. The molecule has 0 saturated heterocycles. The van der Waals surface area contributed by atoms with Crippen molar-refractivity contribution in [3.8, 4) is 5.75 Å². The molecule has 1 aliphatic heterocycles. The fourth-order valence-corrected chi connectivity index (χ4v) is 3.82. The zero-order valence-electron chi connectivity index (χ0n) is 16.7. The van der Waals surface area contributed by atoms with E-state index in [1.165, 1.54) is 24.3 Å². The lowest BCUT2D eigenvalue weighted by Crippen LogP contribution is -2.48. The van der Waals surface area contributed by atoms with Gasteiger partial charge in [-0.15, -0.1) is 0 Å². The number of phenols is 1. The lowest BCUT2D eigenvalue weighted by Gasteiger charge is -2.37. The summed E-state index contributed by atoms with van der Waals surface area (Å²) < 4.78 is 18.5. The highest BCUT2D eigenvalue weighted by molar-refractivity contribution is 7.80. The molecule has 0 saturated carbocycles. The first-order chi connectivity index (χ1) is 14.8. The quantitative estimate of drug-likeness (QED) is 0.527. The number of aromatic hydroxyl groups is 1. The first kappa shape index (κ1) is 20.5. The maximum absolute atomic E-state index is 13.4. The molecule has 1 atom stereocenters. The standard InChI is InChI=1S/C22H19FN4O3S/c1-12-11-18(26-30-12)24-21(29)19-13(2)27(16-7-5-15(23)6-8-16)22(31)25-20(19)14-3-9-17(28)10-4-14/h3-11,20,28H,1-2H3,(H,25,31)(H,24,26,29)/t20-/m1/s1. The van der Waals surface area contributed by atoms with E-state index in [-0.39, 0.29) is 17.4 Å². The number of nitrogens with one attached hydrogen (secondary N) is 2. The Balaban J connectivity index is 1.80. The number of hydrogen-bond donors (Lipinski definition) is 3. The highest BCUT2D eigenvalue weighted by Gasteiger charge is 2.35. The number of amides is 1. The van der Waals surface area contributed by atoms with Crippen LogP contribution in [0.4, 0.5) is 15.9 Å². The number of aryl methyl sites for hydroxylation is 1. The molecule has 3 N–H and O–H groups in total. The van der Waals surface area contributed by atoms with Gasteiger partial charge in [0.1, 0.15) is 17.3 Å². The molecule has 4 rings (SSSR count). The van der Waals surface area contributed by atoms with Crippen LogP contribution in [0.15, 0.2) is 70.4 Å². The van der Waals surface area contributed by atoms with E-state index in [2.05, 4.69) is 15.8 Å². The molecule has 9 heteroatoms. The fraction of sp³-hybridized carbons (Fsp3) is 0.136. The van der Waals surface area contributed by atoms with E-state index in [0.29, 0.717) is 27.8 Å². The van der Waals surface area contributed by atoms with Crippen molar-refractivity contribution in [2.24, 2.45) is 0 Å². The minimum Gasteiger partial charge on any atom is -0.508 e. The zero-order chi connectivity index (χ0) is 22.1. The highest BCUT2D eigenvalue weighted by Crippen LogP contribution is 2.34. The van der Waals surface area contributed by atoms with Crippen LogP contribution >= 0.6 is 12.2 Å². The van der Waals surface area contributed by atoms with Crippen LogP contribution in [-0.2, 0) is 4.79 Å². The number of benzene rings is 2. The lowest BCUT2D eigenvalue weighted by atomic mass is 9.94. The Morgan fingerprint density at radius 3 is 2.48 bits per heavy atom. The van der Waals surface area contributed by atoms with Gasteiger partial charge in [0.2, 0.25) is 0 Å². The van der Waals surface area contributed by atoms with Crippen LogP contribution in [0, 0.1) is 12.7 Å². The summed E-state index contributed by atoms with van der Waals surface area (Å²) in [5.74, 6) is 0.189. The number of carbonyl (C=O) groups excluding carboxylic acids is 1. The number of aromatic nitrogens is 1. The molecule has 3 aromatic rings.